The number of hydrogen-bond acceptors (Lipinski definition) is 3. The molecule has 1 unspecified atom stereocenters. The van der Waals surface area contributed by atoms with Gasteiger partial charge in [-0.2, -0.15) is 0 Å². The molecule has 110 valence electrons. The predicted octanol–water partition coefficient (Wildman–Crippen LogP) is 2.13. The Kier molecular flexibility index (Phi) is 3.64. The van der Waals surface area contributed by atoms with E-state index in [9.17, 15) is 4.79 Å². The summed E-state index contributed by atoms with van der Waals surface area (Å²) in [5.74, 6) is 0.815. The monoisotopic (exact) mass is 286 g/mol. The van der Waals surface area contributed by atoms with E-state index < -0.39 is 5.97 Å². The third-order valence-electron chi connectivity index (χ3n) is 3.96. The van der Waals surface area contributed by atoms with Gasteiger partial charge in [0.25, 0.3) is 0 Å². The minimum absolute atomic E-state index is 0.300. The van der Waals surface area contributed by atoms with E-state index in [1.54, 1.807) is 7.11 Å². The topological polar surface area (TPSA) is 64.4 Å². The van der Waals surface area contributed by atoms with Crippen molar-refractivity contribution in [1.29, 1.82) is 0 Å². The molecule has 2 aromatic rings. The number of fused-ring (bicyclic) bond motifs is 1. The van der Waals surface area contributed by atoms with Crippen molar-refractivity contribution >= 4 is 5.97 Å². The molecule has 0 bridgehead atoms. The van der Waals surface area contributed by atoms with Crippen LogP contribution in [-0.2, 0) is 24.2 Å². The molecule has 0 spiro atoms. The van der Waals surface area contributed by atoms with Crippen LogP contribution in [0.1, 0.15) is 23.5 Å². The fourth-order valence-corrected chi connectivity index (χ4v) is 2.83. The second kappa shape index (κ2) is 5.60. The van der Waals surface area contributed by atoms with Gasteiger partial charge in [-0.1, -0.05) is 18.2 Å². The zero-order valence-corrected chi connectivity index (χ0v) is 12.0. The first-order chi connectivity index (χ1) is 10.2. The molecule has 1 atom stereocenters. The van der Waals surface area contributed by atoms with Crippen LogP contribution in [0.5, 0.6) is 5.75 Å². The molecule has 0 amide bonds. The van der Waals surface area contributed by atoms with Gasteiger partial charge in [0, 0.05) is 31.1 Å². The molecular formula is C16H18N2O3. The summed E-state index contributed by atoms with van der Waals surface area (Å²) < 4.78 is 7.34. The number of benzene rings is 1. The molecule has 2 heterocycles. The molecule has 3 rings (SSSR count). The number of aromatic nitrogens is 2. The smallest absolute Gasteiger partial charge is 0.308 e. The average molecular weight is 286 g/mol. The van der Waals surface area contributed by atoms with Gasteiger partial charge in [-0.3, -0.25) is 4.79 Å². The molecule has 0 saturated heterocycles. The quantitative estimate of drug-likeness (QED) is 0.935. The highest BCUT2D eigenvalue weighted by molar-refractivity contribution is 5.70. The Morgan fingerprint density at radius 1 is 1.48 bits per heavy atom. The number of imidazole rings is 1. The van der Waals surface area contributed by atoms with Crippen LogP contribution in [0, 0.1) is 5.92 Å². The van der Waals surface area contributed by atoms with E-state index in [1.807, 2.05) is 35.0 Å². The highest BCUT2D eigenvalue weighted by Crippen LogP contribution is 2.24. The van der Waals surface area contributed by atoms with Crippen LogP contribution in [0.4, 0.5) is 0 Å². The van der Waals surface area contributed by atoms with Crippen molar-refractivity contribution in [2.45, 2.75) is 25.8 Å². The number of aliphatic carboxylic acids is 1. The van der Waals surface area contributed by atoms with Crippen molar-refractivity contribution in [1.82, 2.24) is 9.55 Å². The van der Waals surface area contributed by atoms with Crippen LogP contribution in [-0.4, -0.2) is 27.7 Å². The van der Waals surface area contributed by atoms with E-state index in [-0.39, 0.29) is 5.92 Å². The minimum atomic E-state index is -0.722. The van der Waals surface area contributed by atoms with Crippen LogP contribution in [0.2, 0.25) is 0 Å². The van der Waals surface area contributed by atoms with Crippen LogP contribution in [0.25, 0.3) is 0 Å². The Labute approximate surface area is 123 Å². The van der Waals surface area contributed by atoms with Crippen molar-refractivity contribution in [2.24, 2.45) is 5.92 Å². The molecule has 1 aromatic heterocycles. The number of hydrogen-bond donors (Lipinski definition) is 1. The van der Waals surface area contributed by atoms with Crippen LogP contribution in [0.15, 0.2) is 30.5 Å². The van der Waals surface area contributed by atoms with Gasteiger partial charge in [-0.25, -0.2) is 4.98 Å². The molecule has 21 heavy (non-hydrogen) atoms. The summed E-state index contributed by atoms with van der Waals surface area (Å²) in [6.07, 6.45) is 4.06. The highest BCUT2D eigenvalue weighted by atomic mass is 16.5. The second-order valence-corrected chi connectivity index (χ2v) is 5.36. The third kappa shape index (κ3) is 2.77. The number of carboxylic acids is 1. The standard InChI is InChI=1S/C16H18N2O3/c1-21-14-5-3-2-4-11(14)8-13-10-18-9-12(16(19)20)6-7-15(18)17-13/h2-5,10,12H,6-9H2,1H3,(H,19,20). The van der Waals surface area contributed by atoms with Gasteiger partial charge in [-0.05, 0) is 12.5 Å². The van der Waals surface area contributed by atoms with Gasteiger partial charge < -0.3 is 14.4 Å². The Balaban J connectivity index is 1.81. The predicted molar refractivity (Wildman–Crippen MR) is 77.5 cm³/mol. The summed E-state index contributed by atoms with van der Waals surface area (Å²) in [7, 11) is 1.66. The molecule has 1 aliphatic rings. The number of ether oxygens (including phenoxy) is 1. The summed E-state index contributed by atoms with van der Waals surface area (Å²) in [6, 6.07) is 7.88. The lowest BCUT2D eigenvalue weighted by Gasteiger charge is -2.19. The number of nitrogens with zero attached hydrogens (tertiary/aromatic N) is 2. The molecular weight excluding hydrogens is 268 g/mol. The first-order valence-electron chi connectivity index (χ1n) is 7.07. The minimum Gasteiger partial charge on any atom is -0.496 e. The molecule has 0 radical (unpaired) electrons. The molecule has 1 N–H and O–H groups in total. The van der Waals surface area contributed by atoms with E-state index in [1.165, 1.54) is 0 Å². The maximum Gasteiger partial charge on any atom is 0.308 e. The van der Waals surface area contributed by atoms with E-state index in [2.05, 4.69) is 4.98 Å². The first-order valence-corrected chi connectivity index (χ1v) is 7.07. The van der Waals surface area contributed by atoms with Crippen LogP contribution >= 0.6 is 0 Å². The summed E-state index contributed by atoms with van der Waals surface area (Å²) >= 11 is 0. The Hall–Kier alpha value is -2.30. The van der Waals surface area contributed by atoms with E-state index in [4.69, 9.17) is 9.84 Å². The highest BCUT2D eigenvalue weighted by Gasteiger charge is 2.25. The average Bonchev–Trinajstić information content (AvgIpc) is 2.89. The SMILES string of the molecule is COc1ccccc1Cc1cn2c(n1)CCC(C(=O)O)C2. The van der Waals surface area contributed by atoms with E-state index in [0.29, 0.717) is 19.4 Å². The lowest BCUT2D eigenvalue weighted by atomic mass is 10.00. The zero-order chi connectivity index (χ0) is 14.8. The van der Waals surface area contributed by atoms with Gasteiger partial charge >= 0.3 is 5.97 Å². The Morgan fingerprint density at radius 3 is 3.05 bits per heavy atom. The molecule has 5 nitrogen and oxygen atoms in total. The van der Waals surface area contributed by atoms with Gasteiger partial charge in [0.2, 0.25) is 0 Å². The maximum atomic E-state index is 11.1. The molecule has 0 fully saturated rings. The summed E-state index contributed by atoms with van der Waals surface area (Å²) in [4.78, 5) is 15.7. The normalized spacial score (nSPS) is 17.3. The third-order valence-corrected chi connectivity index (χ3v) is 3.96. The fraction of sp³-hybridized carbons (Fsp3) is 0.375. The van der Waals surface area contributed by atoms with Crippen molar-refractivity contribution < 1.29 is 14.6 Å². The Bertz CT molecular complexity index is 663. The first kappa shape index (κ1) is 13.7. The lowest BCUT2D eigenvalue weighted by Crippen LogP contribution is -2.26. The summed E-state index contributed by atoms with van der Waals surface area (Å²) in [6.45, 7) is 0.517. The van der Waals surface area contributed by atoms with Crippen molar-refractivity contribution in [3.05, 3.63) is 47.5 Å². The lowest BCUT2D eigenvalue weighted by molar-refractivity contribution is -0.142. The van der Waals surface area contributed by atoms with Gasteiger partial charge in [0.1, 0.15) is 11.6 Å². The number of para-hydroxylation sites is 1. The number of rotatable bonds is 4. The molecule has 1 aliphatic heterocycles. The molecule has 0 saturated carbocycles. The molecule has 1 aromatic carbocycles. The van der Waals surface area contributed by atoms with E-state index >= 15 is 0 Å². The van der Waals surface area contributed by atoms with Crippen molar-refractivity contribution in [3.8, 4) is 5.75 Å². The van der Waals surface area contributed by atoms with E-state index in [0.717, 1.165) is 29.3 Å². The number of carbonyl (C=O) groups is 1. The summed E-state index contributed by atoms with van der Waals surface area (Å²) in [5, 5.41) is 9.12. The van der Waals surface area contributed by atoms with Crippen LogP contribution in [0.3, 0.4) is 0 Å². The summed E-state index contributed by atoms with van der Waals surface area (Å²) in [5.41, 5.74) is 2.05. The number of aryl methyl sites for hydroxylation is 1. The molecule has 5 heteroatoms. The van der Waals surface area contributed by atoms with Gasteiger partial charge in [0.15, 0.2) is 0 Å². The van der Waals surface area contributed by atoms with Crippen LogP contribution < -0.4 is 4.74 Å². The number of carboxylic acid groups (broad SMARTS) is 1. The Morgan fingerprint density at radius 2 is 2.29 bits per heavy atom. The van der Waals surface area contributed by atoms with Gasteiger partial charge in [0.05, 0.1) is 18.7 Å². The second-order valence-electron chi connectivity index (χ2n) is 5.36. The van der Waals surface area contributed by atoms with Gasteiger partial charge in [-0.15, -0.1) is 0 Å². The van der Waals surface area contributed by atoms with Crippen molar-refractivity contribution in [3.63, 3.8) is 0 Å². The number of methoxy groups -OCH3 is 1. The largest absolute Gasteiger partial charge is 0.496 e. The molecule has 0 aliphatic carbocycles. The zero-order valence-electron chi connectivity index (χ0n) is 12.0. The fourth-order valence-electron chi connectivity index (χ4n) is 2.83. The maximum absolute atomic E-state index is 11.1. The van der Waals surface area contributed by atoms with Crippen molar-refractivity contribution in [2.75, 3.05) is 7.11 Å².